The number of methoxy groups -OCH3 is 1. The molecule has 1 saturated heterocycles. The first-order valence-electron chi connectivity index (χ1n) is 16.0. The van der Waals surface area contributed by atoms with E-state index in [9.17, 15) is 41.0 Å². The van der Waals surface area contributed by atoms with Crippen LogP contribution in [0, 0.1) is 5.92 Å². The number of aliphatic carboxylic acids is 1. The second-order valence-corrected chi connectivity index (χ2v) is 12.4. The minimum Gasteiger partial charge on any atom is -0.481 e. The fraction of sp³-hybridized carbons (Fsp3) is 0.471. The molecule has 0 saturated carbocycles. The third kappa shape index (κ3) is 7.44. The van der Waals surface area contributed by atoms with Gasteiger partial charge in [0.15, 0.2) is 0 Å². The summed E-state index contributed by atoms with van der Waals surface area (Å²) in [4.78, 5) is 37.4. The van der Waals surface area contributed by atoms with E-state index in [0.29, 0.717) is 55.0 Å². The third-order valence-electron chi connectivity index (χ3n) is 9.29. The van der Waals surface area contributed by atoms with Crippen molar-refractivity contribution >= 4 is 23.4 Å². The molecule has 270 valence electrons. The molecule has 50 heavy (non-hydrogen) atoms. The zero-order valence-electron chi connectivity index (χ0n) is 27.6. The van der Waals surface area contributed by atoms with Crippen LogP contribution < -0.4 is 20.3 Å². The van der Waals surface area contributed by atoms with Gasteiger partial charge in [0.05, 0.1) is 59.7 Å². The number of carbonyl (C=O) groups is 2. The highest BCUT2D eigenvalue weighted by Gasteiger charge is 2.47. The van der Waals surface area contributed by atoms with Gasteiger partial charge in [-0.1, -0.05) is 6.92 Å². The molecule has 5 rings (SSSR count). The Bertz CT molecular complexity index is 1710. The van der Waals surface area contributed by atoms with E-state index in [1.165, 1.54) is 24.3 Å². The number of amides is 1. The number of nitrogens with two attached hydrogens (primary N) is 1. The Kier molecular flexibility index (Phi) is 10.2. The molecule has 1 amide bonds. The summed E-state index contributed by atoms with van der Waals surface area (Å²) >= 11 is 0. The van der Waals surface area contributed by atoms with E-state index in [2.05, 4.69) is 4.98 Å². The quantitative estimate of drug-likeness (QED) is 0.238. The fourth-order valence-electron chi connectivity index (χ4n) is 6.65. The summed E-state index contributed by atoms with van der Waals surface area (Å²) in [7, 11) is 1.40. The molecule has 2 aromatic heterocycles. The normalized spacial score (nSPS) is 20.0. The van der Waals surface area contributed by atoms with Gasteiger partial charge >= 0.3 is 24.4 Å². The van der Waals surface area contributed by atoms with Crippen LogP contribution in [0.5, 0.6) is 5.88 Å². The molecule has 4 heterocycles. The summed E-state index contributed by atoms with van der Waals surface area (Å²) in [6.45, 7) is 4.17. The first-order valence-corrected chi connectivity index (χ1v) is 16.0. The van der Waals surface area contributed by atoms with Crippen molar-refractivity contribution in [3.05, 3.63) is 76.2 Å². The third-order valence-corrected chi connectivity index (χ3v) is 9.29. The maximum absolute atomic E-state index is 13.9. The van der Waals surface area contributed by atoms with Crippen molar-refractivity contribution in [2.75, 3.05) is 36.6 Å². The van der Waals surface area contributed by atoms with E-state index in [1.54, 1.807) is 26.0 Å². The van der Waals surface area contributed by atoms with E-state index in [0.717, 1.165) is 0 Å². The van der Waals surface area contributed by atoms with Crippen molar-refractivity contribution in [2.45, 2.75) is 69.9 Å². The smallest absolute Gasteiger partial charge is 0.416 e. The summed E-state index contributed by atoms with van der Waals surface area (Å²) in [5.74, 6) is -2.06. The van der Waals surface area contributed by atoms with Crippen LogP contribution in [0.25, 0.3) is 0 Å². The minimum atomic E-state index is -5.05. The Balaban J connectivity index is 1.69. The second kappa shape index (κ2) is 14.0. The topological polar surface area (TPSA) is 131 Å². The van der Waals surface area contributed by atoms with Gasteiger partial charge in [-0.05, 0) is 80.5 Å². The molecule has 0 bridgehead atoms. The lowest BCUT2D eigenvalue weighted by Gasteiger charge is -2.46. The largest absolute Gasteiger partial charge is 0.481 e. The summed E-state index contributed by atoms with van der Waals surface area (Å²) in [6.07, 6.45) is -8.72. The average Bonchev–Trinajstić information content (AvgIpc) is 3.07. The summed E-state index contributed by atoms with van der Waals surface area (Å²) < 4.78 is 93.8. The van der Waals surface area contributed by atoms with Crippen LogP contribution >= 0.6 is 0 Å². The summed E-state index contributed by atoms with van der Waals surface area (Å²) in [5, 5.41) is 9.46. The van der Waals surface area contributed by atoms with E-state index in [-0.39, 0.29) is 54.8 Å². The van der Waals surface area contributed by atoms with Crippen molar-refractivity contribution in [3.63, 3.8) is 0 Å². The molecule has 10 nitrogen and oxygen atoms in total. The molecule has 0 radical (unpaired) electrons. The number of piperidine rings is 1. The number of nitrogens with zero attached hydrogens (tertiary/aromatic N) is 4. The molecule has 3 N–H and O–H groups in total. The van der Waals surface area contributed by atoms with Crippen LogP contribution in [0.1, 0.15) is 79.1 Å². The van der Waals surface area contributed by atoms with Crippen LogP contribution in [0.4, 0.5) is 42.5 Å². The minimum absolute atomic E-state index is 0.0230. The zero-order chi connectivity index (χ0) is 36.6. The first kappa shape index (κ1) is 36.7. The van der Waals surface area contributed by atoms with E-state index < -0.39 is 53.0 Å². The Morgan fingerprint density at radius 2 is 1.64 bits per heavy atom. The van der Waals surface area contributed by atoms with Gasteiger partial charge in [-0.3, -0.25) is 14.7 Å². The monoisotopic (exact) mass is 709 g/mol. The highest BCUT2D eigenvalue weighted by Crippen LogP contribution is 2.47. The predicted octanol–water partition coefficient (Wildman–Crippen LogP) is 6.98. The fourth-order valence-corrected chi connectivity index (χ4v) is 6.65. The molecule has 2 aliphatic heterocycles. The molecule has 3 aromatic rings. The van der Waals surface area contributed by atoms with E-state index in [4.69, 9.17) is 20.2 Å². The lowest BCUT2D eigenvalue weighted by atomic mass is 9.80. The van der Waals surface area contributed by atoms with Crippen molar-refractivity contribution < 1.29 is 50.5 Å². The standard InChI is InChI=1S/C34H37F6N5O5/c1-4-32(41)17-25(29-26(6-7-27(43-29)49-3)45(32)31(48)50-5-2)28-21(15-24(18-42-28)44-10-8-20(9-11-44)30(46)47)12-19-13-22(33(35,36)37)16-23(14-19)34(38,39)40/h6-7,13-16,18,20,25H,4-5,8-12,17,41H2,1-3H3,(H,46,47)/t25-,32+/m0/s1. The van der Waals surface area contributed by atoms with Crippen LogP contribution in [0.3, 0.4) is 0 Å². The van der Waals surface area contributed by atoms with Crippen LogP contribution in [-0.2, 0) is 28.3 Å². The molecule has 0 unspecified atom stereocenters. The van der Waals surface area contributed by atoms with Crippen LogP contribution in [0.15, 0.2) is 42.6 Å². The van der Waals surface area contributed by atoms with Gasteiger partial charge < -0.3 is 25.2 Å². The van der Waals surface area contributed by atoms with E-state index >= 15 is 0 Å². The second-order valence-electron chi connectivity index (χ2n) is 12.4. The van der Waals surface area contributed by atoms with Crippen molar-refractivity contribution in [1.82, 2.24) is 9.97 Å². The zero-order valence-corrected chi connectivity index (χ0v) is 27.6. The number of alkyl halides is 6. The lowest BCUT2D eigenvalue weighted by molar-refractivity contribution is -0.144. The van der Waals surface area contributed by atoms with Crippen molar-refractivity contribution in [1.29, 1.82) is 0 Å². The summed E-state index contributed by atoms with van der Waals surface area (Å²) in [5.41, 5.74) is 4.10. The number of carboxylic acids is 1. The van der Waals surface area contributed by atoms with E-state index in [1.807, 2.05) is 4.90 Å². The number of halogens is 6. The van der Waals surface area contributed by atoms with Gasteiger partial charge in [-0.2, -0.15) is 26.3 Å². The highest BCUT2D eigenvalue weighted by atomic mass is 19.4. The highest BCUT2D eigenvalue weighted by molar-refractivity contribution is 5.91. The number of carbonyl (C=O) groups excluding carboxylic acids is 1. The molecule has 16 heteroatoms. The van der Waals surface area contributed by atoms with Gasteiger partial charge in [0.1, 0.15) is 5.66 Å². The Morgan fingerprint density at radius 3 is 2.18 bits per heavy atom. The number of carboxylic acid groups (broad SMARTS) is 1. The Labute approximate surface area is 284 Å². The summed E-state index contributed by atoms with van der Waals surface area (Å²) in [6, 6.07) is 6.21. The molecule has 2 atom stereocenters. The molecule has 0 aliphatic carbocycles. The Hall–Kier alpha value is -4.60. The van der Waals surface area contributed by atoms with Crippen LogP contribution in [0.2, 0.25) is 0 Å². The number of pyridine rings is 2. The molecule has 1 aromatic carbocycles. The molecule has 0 spiro atoms. The van der Waals surface area contributed by atoms with Crippen LogP contribution in [-0.4, -0.2) is 59.6 Å². The van der Waals surface area contributed by atoms with Gasteiger partial charge in [0, 0.05) is 25.1 Å². The van der Waals surface area contributed by atoms with Gasteiger partial charge in [-0.25, -0.2) is 9.78 Å². The number of anilines is 2. The first-order chi connectivity index (χ1) is 23.5. The molecular formula is C34H37F6N5O5. The number of hydrogen-bond acceptors (Lipinski definition) is 8. The lowest BCUT2D eigenvalue weighted by Crippen LogP contribution is -2.61. The number of hydrogen-bond donors (Lipinski definition) is 2. The van der Waals surface area contributed by atoms with Crippen molar-refractivity contribution in [3.8, 4) is 5.88 Å². The van der Waals surface area contributed by atoms with Gasteiger partial charge in [0.2, 0.25) is 5.88 Å². The van der Waals surface area contributed by atoms with Crippen molar-refractivity contribution in [2.24, 2.45) is 11.7 Å². The molecule has 1 fully saturated rings. The average molecular weight is 710 g/mol. The molecular weight excluding hydrogens is 672 g/mol. The SMILES string of the molecule is CCOC(=O)N1c2ccc(OC)nc2[C@H](c2ncc(N3CCC(C(=O)O)CC3)cc2Cc2cc(C(F)(F)F)cc(C(F)(F)F)c2)C[C@@]1(N)CC. The molecule has 2 aliphatic rings. The van der Waals surface area contributed by atoms with Gasteiger partial charge in [-0.15, -0.1) is 0 Å². The maximum Gasteiger partial charge on any atom is 0.416 e. The van der Waals surface area contributed by atoms with Gasteiger partial charge in [0.25, 0.3) is 0 Å². The number of ether oxygens (including phenoxy) is 2. The Morgan fingerprint density at radius 1 is 1.00 bits per heavy atom. The number of benzene rings is 1. The predicted molar refractivity (Wildman–Crippen MR) is 170 cm³/mol. The number of rotatable bonds is 8. The number of aromatic nitrogens is 2. The number of fused-ring (bicyclic) bond motifs is 1. The maximum atomic E-state index is 13.9.